The van der Waals surface area contributed by atoms with E-state index in [1.165, 1.54) is 56.4 Å². The van der Waals surface area contributed by atoms with Crippen LogP contribution in [0.2, 0.25) is 0 Å². The van der Waals surface area contributed by atoms with Crippen molar-refractivity contribution in [3.05, 3.63) is 65.5 Å². The first-order valence-corrected chi connectivity index (χ1v) is 19.7. The summed E-state index contributed by atoms with van der Waals surface area (Å²) < 4.78 is 49.4. The van der Waals surface area contributed by atoms with Crippen molar-refractivity contribution in [2.75, 3.05) is 13.2 Å². The lowest BCUT2D eigenvalue weighted by Crippen LogP contribution is -2.88. The highest BCUT2D eigenvalue weighted by atomic mass is 16.7. The zero-order chi connectivity index (χ0) is 45.0. The molecule has 2 aliphatic heterocycles. The maximum absolute atomic E-state index is 15.6. The Balaban J connectivity index is 1.84. The van der Waals surface area contributed by atoms with Gasteiger partial charge in [0.1, 0.15) is 36.6 Å². The van der Waals surface area contributed by atoms with Crippen LogP contribution in [0.15, 0.2) is 48.7 Å². The summed E-state index contributed by atoms with van der Waals surface area (Å²) in [6.45, 7) is 8.90. The molecular weight excluding hydrogens is 802 g/mol. The topological polar surface area (TPSA) is 244 Å². The van der Waals surface area contributed by atoms with E-state index >= 15 is 4.79 Å². The summed E-state index contributed by atoms with van der Waals surface area (Å²) in [4.78, 5) is 115. The quantitative estimate of drug-likeness (QED) is 0.228. The van der Waals surface area contributed by atoms with Crippen LogP contribution >= 0.6 is 0 Å². The molecule has 0 unspecified atom stereocenters. The molecule has 328 valence electrons. The van der Waals surface area contributed by atoms with Gasteiger partial charge in [0.2, 0.25) is 0 Å². The van der Waals surface area contributed by atoms with Gasteiger partial charge in [0.15, 0.2) is 29.7 Å². The second kappa shape index (κ2) is 16.3. The summed E-state index contributed by atoms with van der Waals surface area (Å²) in [6, 6.07) is 10.4. The van der Waals surface area contributed by atoms with Crippen LogP contribution in [0.3, 0.4) is 0 Å². The Bertz CT molecular complexity index is 2140. The largest absolute Gasteiger partial charge is 0.465 e. The summed E-state index contributed by atoms with van der Waals surface area (Å²) in [5.41, 5.74) is -10.2. The van der Waals surface area contributed by atoms with Crippen molar-refractivity contribution >= 4 is 47.6 Å². The Labute approximate surface area is 350 Å². The number of hydrogen-bond donors (Lipinski definition) is 1. The third-order valence-corrected chi connectivity index (χ3v) is 12.6. The molecule has 0 amide bonds. The van der Waals surface area contributed by atoms with E-state index < -0.39 is 137 Å². The SMILES string of the molecule is CC(=O)OC[C@]12[C@H](OC(C)=O)[C@H](OC(C)=O)[C@@H]3[C@@H](OC(C)=O)[C@@]14O[C@@]3(C)COC(=O)c1cccnc1[C@@H](C)[C@@H](C)C(=O)O[C@@H]([C@H](OC(C)=O)[C@@H]2C(=O)c1ccccc1)[C@]4(C)O. The highest BCUT2D eigenvalue weighted by Gasteiger charge is 2.91. The summed E-state index contributed by atoms with van der Waals surface area (Å²) >= 11 is 0. The lowest BCUT2D eigenvalue weighted by atomic mass is 9.42. The lowest BCUT2D eigenvalue weighted by Gasteiger charge is -2.68. The minimum atomic E-state index is -2.83. The number of carbonyl (C=O) groups is 8. The molecule has 3 fully saturated rings. The van der Waals surface area contributed by atoms with Gasteiger partial charge < -0.3 is 43.0 Å². The maximum atomic E-state index is 15.6. The van der Waals surface area contributed by atoms with Crippen LogP contribution in [-0.4, -0.2) is 118 Å². The Morgan fingerprint density at radius 1 is 0.770 bits per heavy atom. The summed E-state index contributed by atoms with van der Waals surface area (Å²) in [6.07, 6.45) is -8.46. The van der Waals surface area contributed by atoms with E-state index in [-0.39, 0.29) is 16.8 Å². The number of aromatic nitrogens is 1. The minimum absolute atomic E-state index is 0.0389. The van der Waals surface area contributed by atoms with Gasteiger partial charge in [0, 0.05) is 52.3 Å². The van der Waals surface area contributed by atoms with Gasteiger partial charge in [-0.1, -0.05) is 44.2 Å². The van der Waals surface area contributed by atoms with E-state index in [1.807, 2.05) is 0 Å². The van der Waals surface area contributed by atoms with Gasteiger partial charge in [0.05, 0.1) is 34.4 Å². The molecule has 4 aliphatic rings. The number of rotatable bonds is 8. The summed E-state index contributed by atoms with van der Waals surface area (Å²) in [7, 11) is 0. The van der Waals surface area contributed by atoms with Gasteiger partial charge in [0.25, 0.3) is 0 Å². The Morgan fingerprint density at radius 3 is 1.95 bits per heavy atom. The Hall–Kier alpha value is -5.75. The molecule has 18 heteroatoms. The summed E-state index contributed by atoms with van der Waals surface area (Å²) in [5, 5.41) is 13.6. The highest BCUT2D eigenvalue weighted by Crippen LogP contribution is 2.71. The second-order valence-electron chi connectivity index (χ2n) is 16.5. The lowest BCUT2D eigenvalue weighted by molar-refractivity contribution is -0.373. The zero-order valence-corrected chi connectivity index (χ0v) is 35.2. The average molecular weight is 852 g/mol. The van der Waals surface area contributed by atoms with Crippen LogP contribution in [0.25, 0.3) is 0 Å². The predicted octanol–water partition coefficient (Wildman–Crippen LogP) is 2.60. The third-order valence-electron chi connectivity index (χ3n) is 12.6. The first kappa shape index (κ1) is 44.8. The smallest absolute Gasteiger partial charge is 0.340 e. The average Bonchev–Trinajstić information content (AvgIpc) is 3.41. The number of aliphatic hydroxyl groups is 1. The van der Waals surface area contributed by atoms with Crippen LogP contribution in [-0.2, 0) is 66.7 Å². The molecule has 13 atom stereocenters. The first-order valence-electron chi connectivity index (χ1n) is 19.7. The van der Waals surface area contributed by atoms with Crippen molar-refractivity contribution in [2.45, 2.75) is 116 Å². The molecule has 2 saturated carbocycles. The van der Waals surface area contributed by atoms with Crippen molar-refractivity contribution < 1.29 is 81.4 Å². The number of nitrogens with zero attached hydrogens (tertiary/aromatic N) is 1. The number of cyclic esters (lactones) is 1. The van der Waals surface area contributed by atoms with Crippen molar-refractivity contribution in [3.8, 4) is 0 Å². The van der Waals surface area contributed by atoms with Crippen molar-refractivity contribution in [2.24, 2.45) is 23.2 Å². The Morgan fingerprint density at radius 2 is 1.36 bits per heavy atom. The number of ketones is 1. The highest BCUT2D eigenvalue weighted by molar-refractivity contribution is 6.00. The molecule has 61 heavy (non-hydrogen) atoms. The molecule has 1 aromatic heterocycles. The normalized spacial score (nSPS) is 36.5. The molecular formula is C43H49NO17. The molecule has 3 heterocycles. The van der Waals surface area contributed by atoms with Crippen LogP contribution in [0.4, 0.5) is 0 Å². The fraction of sp³-hybridized carbons (Fsp3) is 0.558. The maximum Gasteiger partial charge on any atom is 0.340 e. The number of ether oxygens (including phenoxy) is 8. The number of pyridine rings is 1. The van der Waals surface area contributed by atoms with Gasteiger partial charge in [-0.2, -0.15) is 0 Å². The third kappa shape index (κ3) is 7.22. The Kier molecular flexibility index (Phi) is 11.9. The van der Waals surface area contributed by atoms with Crippen LogP contribution in [0, 0.1) is 23.2 Å². The predicted molar refractivity (Wildman–Crippen MR) is 204 cm³/mol. The van der Waals surface area contributed by atoms with E-state index in [0.717, 1.165) is 41.5 Å². The standard InChI is InChI=1S/C43H49NO17/c1-20-21(2)38(51)60-36-33(56-23(4)46)29(32(50)27-14-11-10-12-15-27)42(19-54-22(3)45)37(59-26(7)49)34(57-24(5)47)30-35(58-25(6)48)43(42,41(36,9)53)61-40(30,8)18-55-39(52)28-16-13-17-44-31(20)28/h10-17,20-21,29-30,33-37,53H,18-19H2,1-9H3/t20-,21+,29-,30+,33+,34+,35+,36-,37+,40-,41-,42-,43-/m0/s1. The summed E-state index contributed by atoms with van der Waals surface area (Å²) in [5.74, 6) is -13.5. The van der Waals surface area contributed by atoms with Crippen molar-refractivity contribution in [1.29, 1.82) is 0 Å². The first-order chi connectivity index (χ1) is 28.5. The molecule has 0 radical (unpaired) electrons. The molecule has 2 aromatic rings. The second-order valence-corrected chi connectivity index (χ2v) is 16.5. The van der Waals surface area contributed by atoms with Crippen molar-refractivity contribution in [1.82, 2.24) is 4.98 Å². The van der Waals surface area contributed by atoms with Crippen LogP contribution < -0.4 is 0 Å². The van der Waals surface area contributed by atoms with Gasteiger partial charge in [-0.25, -0.2) is 4.79 Å². The number of fused-ring (bicyclic) bond motifs is 5. The van der Waals surface area contributed by atoms with Gasteiger partial charge in [-0.05, 0) is 26.0 Å². The molecule has 1 spiro atoms. The monoisotopic (exact) mass is 851 g/mol. The number of Topliss-reactive ketones (excluding diaryl/α,β-unsaturated/α-hetero) is 1. The molecule has 2 aliphatic carbocycles. The fourth-order valence-electron chi connectivity index (χ4n) is 10.1. The van der Waals surface area contributed by atoms with E-state index in [4.69, 9.17) is 37.9 Å². The van der Waals surface area contributed by atoms with Crippen molar-refractivity contribution in [3.63, 3.8) is 0 Å². The van der Waals surface area contributed by atoms with E-state index in [1.54, 1.807) is 13.0 Å². The van der Waals surface area contributed by atoms with Crippen LogP contribution in [0.1, 0.15) is 94.6 Å². The van der Waals surface area contributed by atoms with Gasteiger partial charge in [-0.3, -0.25) is 38.5 Å². The molecule has 18 nitrogen and oxygen atoms in total. The molecule has 1 N–H and O–H groups in total. The molecule has 1 saturated heterocycles. The number of esters is 7. The number of benzene rings is 1. The van der Waals surface area contributed by atoms with Crippen LogP contribution in [0.5, 0.6) is 0 Å². The van der Waals surface area contributed by atoms with Gasteiger partial charge >= 0.3 is 41.8 Å². The zero-order valence-electron chi connectivity index (χ0n) is 35.2. The minimum Gasteiger partial charge on any atom is -0.465 e. The van der Waals surface area contributed by atoms with E-state index in [9.17, 15) is 38.7 Å². The van der Waals surface area contributed by atoms with E-state index in [0.29, 0.717) is 0 Å². The molecule has 4 bridgehead atoms. The molecule has 6 rings (SSSR count). The fourth-order valence-corrected chi connectivity index (χ4v) is 10.1. The number of carbonyl (C=O) groups excluding carboxylic acids is 8. The molecule has 1 aromatic carbocycles. The van der Waals surface area contributed by atoms with E-state index in [2.05, 4.69) is 4.98 Å². The number of hydrogen-bond acceptors (Lipinski definition) is 18. The van der Waals surface area contributed by atoms with Gasteiger partial charge in [-0.15, -0.1) is 0 Å².